The van der Waals surface area contributed by atoms with E-state index >= 15 is 0 Å². The van der Waals surface area contributed by atoms with E-state index in [0.29, 0.717) is 4.90 Å². The molecule has 0 saturated heterocycles. The lowest BCUT2D eigenvalue weighted by molar-refractivity contribution is -0.162. The molecule has 10 heteroatoms. The van der Waals surface area contributed by atoms with Crippen molar-refractivity contribution in [2.24, 2.45) is 0 Å². The van der Waals surface area contributed by atoms with Crippen LogP contribution in [-0.2, 0) is 12.4 Å². The van der Waals surface area contributed by atoms with Crippen molar-refractivity contribution in [3.63, 3.8) is 0 Å². The van der Waals surface area contributed by atoms with Crippen LogP contribution >= 0.6 is 15.9 Å². The number of fused-ring (bicyclic) bond motifs is 1. The van der Waals surface area contributed by atoms with E-state index in [1.807, 2.05) is 0 Å². The lowest BCUT2D eigenvalue weighted by Gasteiger charge is -2.21. The zero-order valence-corrected chi connectivity index (χ0v) is 14.0. The Labute approximate surface area is 150 Å². The fraction of sp³-hybridized carbons (Fsp3) is 0.125. The molecule has 0 atom stereocenters. The molecule has 0 N–H and O–H groups in total. The van der Waals surface area contributed by atoms with Gasteiger partial charge < -0.3 is 0 Å². The number of imide groups is 1. The maximum absolute atomic E-state index is 13.1. The summed E-state index contributed by atoms with van der Waals surface area (Å²) in [6.45, 7) is 0. The van der Waals surface area contributed by atoms with Gasteiger partial charge in [0.15, 0.2) is 0 Å². The monoisotopic (exact) mass is 437 g/mol. The van der Waals surface area contributed by atoms with E-state index in [1.54, 1.807) is 0 Å². The first kappa shape index (κ1) is 18.4. The molecule has 2 amide bonds. The van der Waals surface area contributed by atoms with Crippen LogP contribution in [0.3, 0.4) is 0 Å². The predicted molar refractivity (Wildman–Crippen MR) is 81.7 cm³/mol. The molecule has 2 aromatic carbocycles. The van der Waals surface area contributed by atoms with Gasteiger partial charge in [0.05, 0.1) is 27.9 Å². The number of anilines is 1. The first-order valence-corrected chi connectivity index (χ1v) is 7.68. The molecular weight excluding hydrogens is 432 g/mol. The normalized spacial score (nSPS) is 14.8. The highest BCUT2D eigenvalue weighted by atomic mass is 79.9. The van der Waals surface area contributed by atoms with E-state index < -0.39 is 45.5 Å². The SMILES string of the molecule is O=C1c2ccccc2C(=O)N1c1cc(C(F)(F)F)c(C(F)(F)F)cc1Br. The highest BCUT2D eigenvalue weighted by Gasteiger charge is 2.45. The van der Waals surface area contributed by atoms with Crippen molar-refractivity contribution in [2.75, 3.05) is 4.90 Å². The van der Waals surface area contributed by atoms with E-state index in [1.165, 1.54) is 24.3 Å². The van der Waals surface area contributed by atoms with E-state index in [4.69, 9.17) is 0 Å². The largest absolute Gasteiger partial charge is 0.417 e. The zero-order chi connectivity index (χ0) is 19.4. The smallest absolute Gasteiger partial charge is 0.268 e. The summed E-state index contributed by atoms with van der Waals surface area (Å²) in [5, 5.41) is 0. The summed E-state index contributed by atoms with van der Waals surface area (Å²) in [4.78, 5) is 25.2. The van der Waals surface area contributed by atoms with E-state index in [-0.39, 0.29) is 23.3 Å². The third-order valence-corrected chi connectivity index (χ3v) is 4.37. The summed E-state index contributed by atoms with van der Waals surface area (Å²) >= 11 is 2.74. The Hall–Kier alpha value is -2.36. The Morgan fingerprint density at radius 1 is 0.769 bits per heavy atom. The van der Waals surface area contributed by atoms with Crippen LogP contribution in [0.1, 0.15) is 31.8 Å². The molecule has 136 valence electrons. The molecule has 0 radical (unpaired) electrons. The van der Waals surface area contributed by atoms with Crippen LogP contribution in [-0.4, -0.2) is 11.8 Å². The van der Waals surface area contributed by atoms with Crippen molar-refractivity contribution in [1.29, 1.82) is 0 Å². The quantitative estimate of drug-likeness (QED) is 0.449. The summed E-state index contributed by atoms with van der Waals surface area (Å²) < 4.78 is 77.8. The van der Waals surface area contributed by atoms with Crippen LogP contribution in [0.2, 0.25) is 0 Å². The van der Waals surface area contributed by atoms with Crippen LogP contribution in [0.5, 0.6) is 0 Å². The molecule has 0 unspecified atom stereocenters. The molecule has 0 spiro atoms. The average Bonchev–Trinajstić information content (AvgIpc) is 2.77. The second kappa shape index (κ2) is 5.83. The van der Waals surface area contributed by atoms with Gasteiger partial charge in [0, 0.05) is 4.47 Å². The fourth-order valence-corrected chi connectivity index (χ4v) is 3.13. The highest BCUT2D eigenvalue weighted by Crippen LogP contribution is 2.45. The number of carbonyl (C=O) groups is 2. The second-order valence-corrected chi connectivity index (χ2v) is 6.19. The lowest BCUT2D eigenvalue weighted by atomic mass is 10.0. The average molecular weight is 438 g/mol. The van der Waals surface area contributed by atoms with Gasteiger partial charge in [-0.05, 0) is 40.2 Å². The minimum Gasteiger partial charge on any atom is -0.268 e. The van der Waals surface area contributed by atoms with Gasteiger partial charge in [0.25, 0.3) is 11.8 Å². The van der Waals surface area contributed by atoms with Crippen molar-refractivity contribution >= 4 is 33.4 Å². The number of hydrogen-bond donors (Lipinski definition) is 0. The van der Waals surface area contributed by atoms with E-state index in [9.17, 15) is 35.9 Å². The molecule has 1 aliphatic heterocycles. The second-order valence-electron chi connectivity index (χ2n) is 5.34. The maximum Gasteiger partial charge on any atom is 0.417 e. The van der Waals surface area contributed by atoms with E-state index in [0.717, 1.165) is 0 Å². The van der Waals surface area contributed by atoms with Gasteiger partial charge >= 0.3 is 12.4 Å². The fourth-order valence-electron chi connectivity index (χ4n) is 2.61. The van der Waals surface area contributed by atoms with Gasteiger partial charge in [-0.3, -0.25) is 9.59 Å². The van der Waals surface area contributed by atoms with Gasteiger partial charge in [-0.2, -0.15) is 26.3 Å². The maximum atomic E-state index is 13.1. The first-order valence-electron chi connectivity index (χ1n) is 6.88. The number of rotatable bonds is 1. The molecule has 26 heavy (non-hydrogen) atoms. The number of hydrogen-bond acceptors (Lipinski definition) is 2. The first-order chi connectivity index (χ1) is 11.9. The van der Waals surface area contributed by atoms with Crippen molar-refractivity contribution in [3.05, 3.63) is 63.1 Å². The molecule has 1 aliphatic rings. The molecule has 3 rings (SSSR count). The Morgan fingerprint density at radius 2 is 1.19 bits per heavy atom. The Kier molecular flexibility index (Phi) is 4.13. The number of halogens is 7. The van der Waals surface area contributed by atoms with Crippen LogP contribution in [0.25, 0.3) is 0 Å². The summed E-state index contributed by atoms with van der Waals surface area (Å²) in [7, 11) is 0. The van der Waals surface area contributed by atoms with Gasteiger partial charge in [-0.1, -0.05) is 12.1 Å². The molecular formula is C16H6BrF6NO2. The number of nitrogens with zero attached hydrogens (tertiary/aromatic N) is 1. The zero-order valence-electron chi connectivity index (χ0n) is 12.4. The minimum atomic E-state index is -5.33. The van der Waals surface area contributed by atoms with Gasteiger partial charge in [-0.25, -0.2) is 4.90 Å². The van der Waals surface area contributed by atoms with E-state index in [2.05, 4.69) is 15.9 Å². The van der Waals surface area contributed by atoms with Gasteiger partial charge in [-0.15, -0.1) is 0 Å². The molecule has 0 fully saturated rings. The molecule has 2 aromatic rings. The minimum absolute atomic E-state index is 0.0437. The number of benzene rings is 2. The Bertz CT molecular complexity index is 900. The molecule has 3 nitrogen and oxygen atoms in total. The van der Waals surface area contributed by atoms with Crippen molar-refractivity contribution in [2.45, 2.75) is 12.4 Å². The van der Waals surface area contributed by atoms with Gasteiger partial charge in [0.2, 0.25) is 0 Å². The van der Waals surface area contributed by atoms with Crippen LogP contribution in [0.4, 0.5) is 32.0 Å². The number of amides is 2. The molecule has 0 aliphatic carbocycles. The summed E-state index contributed by atoms with van der Waals surface area (Å²) in [6, 6.07) is 5.87. The molecule has 0 bridgehead atoms. The highest BCUT2D eigenvalue weighted by molar-refractivity contribution is 9.10. The van der Waals surface area contributed by atoms with Crippen molar-refractivity contribution in [1.82, 2.24) is 0 Å². The summed E-state index contributed by atoms with van der Waals surface area (Å²) in [6.07, 6.45) is -10.6. The van der Waals surface area contributed by atoms with Crippen molar-refractivity contribution < 1.29 is 35.9 Å². The third kappa shape index (κ3) is 2.87. The third-order valence-electron chi connectivity index (χ3n) is 3.73. The number of alkyl halides is 6. The molecule has 0 saturated carbocycles. The van der Waals surface area contributed by atoms with Crippen LogP contribution in [0, 0.1) is 0 Å². The Balaban J connectivity index is 2.22. The summed E-state index contributed by atoms with van der Waals surface area (Å²) in [5.74, 6) is -1.83. The van der Waals surface area contributed by atoms with Crippen LogP contribution in [0.15, 0.2) is 40.9 Å². The van der Waals surface area contributed by atoms with Crippen LogP contribution < -0.4 is 4.90 Å². The van der Waals surface area contributed by atoms with Gasteiger partial charge in [0.1, 0.15) is 0 Å². The topological polar surface area (TPSA) is 37.4 Å². The Morgan fingerprint density at radius 3 is 1.62 bits per heavy atom. The summed E-state index contributed by atoms with van der Waals surface area (Å²) in [5.41, 5.74) is -4.61. The predicted octanol–water partition coefficient (Wildman–Crippen LogP) is 5.29. The molecule has 0 aromatic heterocycles. The molecule has 1 heterocycles. The standard InChI is InChI=1S/C16H6BrF6NO2/c17-11-5-9(15(18,19)20)10(16(21,22)23)6-12(11)24-13(25)7-3-1-2-4-8(7)14(24)26/h1-6H. The number of carbonyl (C=O) groups excluding carboxylic acids is 2. The van der Waals surface area contributed by atoms with Crippen molar-refractivity contribution in [3.8, 4) is 0 Å². The lowest BCUT2D eigenvalue weighted by Crippen LogP contribution is -2.30.